The number of carboxylic acids is 1. The van der Waals surface area contributed by atoms with Gasteiger partial charge in [-0.05, 0) is 87.7 Å². The Morgan fingerprint density at radius 2 is 1.21 bits per heavy atom. The summed E-state index contributed by atoms with van der Waals surface area (Å²) < 4.78 is 5.51. The van der Waals surface area contributed by atoms with Gasteiger partial charge in [-0.1, -0.05) is 26.0 Å². The summed E-state index contributed by atoms with van der Waals surface area (Å²) in [4.78, 5) is 102. The van der Waals surface area contributed by atoms with Crippen LogP contribution in [-0.4, -0.2) is 172 Å². The van der Waals surface area contributed by atoms with Gasteiger partial charge in [-0.3, -0.25) is 33.6 Å². The molecule has 0 aliphatic carbocycles. The highest BCUT2D eigenvalue weighted by Gasteiger charge is 2.43. The summed E-state index contributed by atoms with van der Waals surface area (Å²) in [7, 11) is 0. The molecule has 0 bridgehead atoms. The van der Waals surface area contributed by atoms with E-state index in [1.807, 2.05) is 13.8 Å². The molecule has 18 N–H and O–H groups in total. The van der Waals surface area contributed by atoms with Gasteiger partial charge in [0.05, 0.1) is 39.3 Å². The van der Waals surface area contributed by atoms with Crippen LogP contribution in [0.15, 0.2) is 24.3 Å². The zero-order chi connectivity index (χ0) is 49.3. The molecule has 372 valence electrons. The number of carbonyl (C=O) groups is 8. The third-order valence-electron chi connectivity index (χ3n) is 10.4. The highest BCUT2D eigenvalue weighted by atomic mass is 32.2. The van der Waals surface area contributed by atoms with Crippen molar-refractivity contribution in [3.05, 3.63) is 35.4 Å². The second-order valence-corrected chi connectivity index (χ2v) is 17.6. The van der Waals surface area contributed by atoms with Crippen molar-refractivity contribution in [2.45, 2.75) is 126 Å². The van der Waals surface area contributed by atoms with E-state index in [2.05, 4.69) is 48.7 Å². The van der Waals surface area contributed by atoms with Crippen LogP contribution in [-0.2, 0) is 44.7 Å². The molecule has 0 aromatic heterocycles. The van der Waals surface area contributed by atoms with E-state index in [-0.39, 0.29) is 30.7 Å². The maximum absolute atomic E-state index is 13.2. The van der Waals surface area contributed by atoms with E-state index >= 15 is 0 Å². The molecule has 9 atom stereocenters. The average molecular weight is 958 g/mol. The van der Waals surface area contributed by atoms with E-state index in [1.54, 1.807) is 24.3 Å². The van der Waals surface area contributed by atoms with Crippen molar-refractivity contribution in [2.75, 3.05) is 45.1 Å². The van der Waals surface area contributed by atoms with Crippen molar-refractivity contribution in [2.24, 2.45) is 5.92 Å². The molecule has 1 saturated heterocycles. The molecular weight excluding hydrogens is 887 g/mol. The largest absolute Gasteiger partial charge is 0.480 e. The standard InChI is InChI=1S/C42H69N9O14S/c1-23(2)18-29(41(63)64)51-40(62)28(9-5-7-16-44)49-33(55)21-46-31(53)19-45-32(54)20-47-39(61)27(8-4-6-15-43)50-37(59)24(3)48-38(60)26-12-10-25(11-13-26)14-17-66-42-36(58)35(57)34(56)30(22-52)65-42/h10-13,23-24,27-30,34-36,42,52,56-58H,4-9,14-22,43-44H2,1-3H3,(H,45,54)(H,46,53)(H,47,61)(H,48,60)(H,49,55)(H,50,59)(H,51,62)(H,63,64)/p+2. The molecular formula is C42H71N9O14S+2. The van der Waals surface area contributed by atoms with E-state index < -0.39 is 128 Å². The number of unbranched alkanes of at least 4 members (excludes halogenated alkanes) is 2. The van der Waals surface area contributed by atoms with E-state index in [9.17, 15) is 63.9 Å². The topological polar surface area (TPSA) is 386 Å². The predicted molar refractivity (Wildman–Crippen MR) is 238 cm³/mol. The van der Waals surface area contributed by atoms with Gasteiger partial charge in [0.15, 0.2) is 0 Å². The molecule has 0 spiro atoms. The summed E-state index contributed by atoms with van der Waals surface area (Å²) in [6, 6.07) is 2.20. The lowest BCUT2D eigenvalue weighted by Crippen LogP contribution is -2.57. The minimum atomic E-state index is -1.47. The second kappa shape index (κ2) is 30.4. The summed E-state index contributed by atoms with van der Waals surface area (Å²) in [5.41, 5.74) is 7.77. The van der Waals surface area contributed by atoms with Gasteiger partial charge in [0.1, 0.15) is 54.0 Å². The van der Waals surface area contributed by atoms with Crippen molar-refractivity contribution in [1.82, 2.24) is 37.2 Å². The number of carbonyl (C=O) groups excluding carboxylic acids is 7. The van der Waals surface area contributed by atoms with Crippen molar-refractivity contribution in [1.29, 1.82) is 0 Å². The summed E-state index contributed by atoms with van der Waals surface area (Å²) in [6.07, 6.45) is -1.81. The summed E-state index contributed by atoms with van der Waals surface area (Å²) >= 11 is 1.20. The highest BCUT2D eigenvalue weighted by molar-refractivity contribution is 7.99. The number of quaternary nitrogens is 2. The Bertz CT molecular complexity index is 1740. The number of hydrogen-bond acceptors (Lipinski definition) is 14. The quantitative estimate of drug-likeness (QED) is 0.0320. The zero-order valence-corrected chi connectivity index (χ0v) is 38.7. The third kappa shape index (κ3) is 20.7. The van der Waals surface area contributed by atoms with Gasteiger partial charge < -0.3 is 79.0 Å². The Labute approximate surface area is 388 Å². The molecule has 1 aliphatic rings. The maximum atomic E-state index is 13.2. The third-order valence-corrected chi connectivity index (χ3v) is 11.5. The molecule has 66 heavy (non-hydrogen) atoms. The van der Waals surface area contributed by atoms with Gasteiger partial charge in [0, 0.05) is 5.56 Å². The van der Waals surface area contributed by atoms with Gasteiger partial charge in [-0.25, -0.2) is 4.79 Å². The van der Waals surface area contributed by atoms with Crippen LogP contribution in [0.1, 0.15) is 81.6 Å². The van der Waals surface area contributed by atoms with Crippen LogP contribution in [0.3, 0.4) is 0 Å². The number of benzene rings is 1. The fourth-order valence-electron chi connectivity index (χ4n) is 6.54. The number of aliphatic hydroxyl groups excluding tert-OH is 4. The molecule has 7 amide bonds. The summed E-state index contributed by atoms with van der Waals surface area (Å²) in [5.74, 6) is -5.56. The summed E-state index contributed by atoms with van der Waals surface area (Å²) in [6.45, 7) is 4.06. The molecule has 0 radical (unpaired) electrons. The molecule has 23 nitrogen and oxygen atoms in total. The smallest absolute Gasteiger partial charge is 0.326 e. The summed E-state index contributed by atoms with van der Waals surface area (Å²) in [5, 5.41) is 66.4. The number of aryl methyl sites for hydroxylation is 1. The first-order valence-electron chi connectivity index (χ1n) is 22.2. The number of nitrogens with one attached hydrogen (secondary N) is 7. The predicted octanol–water partition coefficient (Wildman–Crippen LogP) is -5.36. The molecule has 1 aromatic carbocycles. The Kier molecular flexibility index (Phi) is 26.3. The second-order valence-electron chi connectivity index (χ2n) is 16.4. The number of thioether (sulfide) groups is 1. The number of aliphatic carboxylic acids is 1. The first-order chi connectivity index (χ1) is 31.3. The highest BCUT2D eigenvalue weighted by Crippen LogP contribution is 2.29. The van der Waals surface area contributed by atoms with Gasteiger partial charge in [-0.15, -0.1) is 11.8 Å². The number of carboxylic acid groups (broad SMARTS) is 1. The van der Waals surface area contributed by atoms with Crippen molar-refractivity contribution in [3.8, 4) is 0 Å². The van der Waals surface area contributed by atoms with Crippen molar-refractivity contribution >= 4 is 59.1 Å². The lowest BCUT2D eigenvalue weighted by atomic mass is 10.0. The fourth-order valence-corrected chi connectivity index (χ4v) is 7.70. The van der Waals surface area contributed by atoms with E-state index in [0.717, 1.165) is 5.56 Å². The lowest BCUT2D eigenvalue weighted by Gasteiger charge is -2.39. The van der Waals surface area contributed by atoms with E-state index in [4.69, 9.17) is 4.74 Å². The molecule has 0 saturated carbocycles. The lowest BCUT2D eigenvalue weighted by molar-refractivity contribution is -0.368. The normalized spacial score (nSPS) is 19.9. The van der Waals surface area contributed by atoms with Crippen LogP contribution < -0.4 is 48.7 Å². The SMILES string of the molecule is CC(C)CC(NC(=O)C(CCCC[NH3+])NC(=O)CNC(=O)CNC(=O)CNC(=O)C(CCCC[NH3+])NC(=O)C(C)NC(=O)c1ccc(CCSC2OC(CO)C(O)C(O)C2O)cc1)C(=O)O. The van der Waals surface area contributed by atoms with Gasteiger partial charge in [0.2, 0.25) is 35.4 Å². The molecule has 1 aliphatic heterocycles. The van der Waals surface area contributed by atoms with Gasteiger partial charge in [0.25, 0.3) is 5.91 Å². The molecule has 24 heteroatoms. The molecule has 9 unspecified atom stereocenters. The molecule has 1 heterocycles. The number of amides is 7. The number of hydrogen-bond donors (Lipinski definition) is 14. The minimum absolute atomic E-state index is 0.0169. The monoisotopic (exact) mass is 957 g/mol. The Hall–Kier alpha value is -4.95. The van der Waals surface area contributed by atoms with Crippen LogP contribution in [0.5, 0.6) is 0 Å². The van der Waals surface area contributed by atoms with E-state index in [1.165, 1.54) is 18.7 Å². The Morgan fingerprint density at radius 3 is 1.76 bits per heavy atom. The maximum Gasteiger partial charge on any atom is 0.326 e. The number of ether oxygens (including phenoxy) is 1. The van der Waals surface area contributed by atoms with Gasteiger partial charge in [-0.2, -0.15) is 0 Å². The van der Waals surface area contributed by atoms with Gasteiger partial charge >= 0.3 is 5.97 Å². The average Bonchev–Trinajstić information content (AvgIpc) is 3.28. The first-order valence-corrected chi connectivity index (χ1v) is 23.2. The van der Waals surface area contributed by atoms with Crippen LogP contribution in [0.25, 0.3) is 0 Å². The molecule has 2 rings (SSSR count). The van der Waals surface area contributed by atoms with E-state index in [0.29, 0.717) is 50.9 Å². The van der Waals surface area contributed by atoms with Crippen LogP contribution >= 0.6 is 11.8 Å². The van der Waals surface area contributed by atoms with Crippen molar-refractivity contribution in [3.63, 3.8) is 0 Å². The molecule has 1 aromatic rings. The minimum Gasteiger partial charge on any atom is -0.480 e. The Morgan fingerprint density at radius 1 is 0.667 bits per heavy atom. The van der Waals surface area contributed by atoms with Crippen molar-refractivity contribution < 1.29 is 80.1 Å². The number of rotatable bonds is 30. The van der Waals surface area contributed by atoms with Crippen LogP contribution in [0.2, 0.25) is 0 Å². The number of aliphatic hydroxyl groups is 4. The van der Waals surface area contributed by atoms with Crippen LogP contribution in [0.4, 0.5) is 0 Å². The first kappa shape index (κ1) is 57.2. The Balaban J connectivity index is 1.84. The van der Waals surface area contributed by atoms with Crippen LogP contribution in [0, 0.1) is 5.92 Å². The fraction of sp³-hybridized carbons (Fsp3) is 0.667. The zero-order valence-electron chi connectivity index (χ0n) is 37.9. The molecule has 1 fully saturated rings.